The summed E-state index contributed by atoms with van der Waals surface area (Å²) in [5.74, 6) is 0.580. The molecule has 1 N–H and O–H groups in total. The molecule has 0 aliphatic carbocycles. The molecule has 0 radical (unpaired) electrons. The molecular weight excluding hydrogens is 242 g/mol. The summed E-state index contributed by atoms with van der Waals surface area (Å²) in [7, 11) is 0. The van der Waals surface area contributed by atoms with E-state index in [-0.39, 0.29) is 11.7 Å². The van der Waals surface area contributed by atoms with Gasteiger partial charge in [0, 0.05) is 30.1 Å². The standard InChI is InChI=1S/C11H19NO4S/c1-4-10(13)9(2)7-11(3,8-12)5-6-17-16-15-14/h9,14H,4-7H2,1-3H3. The smallest absolute Gasteiger partial charge is 0.135 e. The minimum atomic E-state index is -0.559. The van der Waals surface area contributed by atoms with Gasteiger partial charge in [-0.05, 0) is 19.8 Å². The molecule has 0 heterocycles. The summed E-state index contributed by atoms with van der Waals surface area (Å²) in [5, 5.41) is 20.6. The van der Waals surface area contributed by atoms with Crippen molar-refractivity contribution in [1.29, 1.82) is 5.26 Å². The Bertz CT molecular complexity index is 279. The summed E-state index contributed by atoms with van der Waals surface area (Å²) in [4.78, 5) is 11.5. The quantitative estimate of drug-likeness (QED) is 0.297. The Kier molecular flexibility index (Phi) is 8.17. The second-order valence-corrected chi connectivity index (χ2v) is 5.09. The van der Waals surface area contributed by atoms with E-state index in [4.69, 9.17) is 10.5 Å². The van der Waals surface area contributed by atoms with E-state index < -0.39 is 5.41 Å². The molecule has 0 bridgehead atoms. The predicted octanol–water partition coefficient (Wildman–Crippen LogP) is 2.98. The Labute approximate surface area is 106 Å². The second kappa shape index (κ2) is 8.48. The van der Waals surface area contributed by atoms with Crippen molar-refractivity contribution < 1.29 is 19.4 Å². The van der Waals surface area contributed by atoms with Gasteiger partial charge in [-0.2, -0.15) is 5.26 Å². The van der Waals surface area contributed by atoms with Gasteiger partial charge in [0.2, 0.25) is 0 Å². The first-order valence-electron chi connectivity index (χ1n) is 5.52. The highest BCUT2D eigenvalue weighted by atomic mass is 32.2. The van der Waals surface area contributed by atoms with Crippen molar-refractivity contribution in [3.8, 4) is 6.07 Å². The maximum Gasteiger partial charge on any atom is 0.135 e. The number of rotatable bonds is 9. The largest absolute Gasteiger partial charge is 0.299 e. The number of hydrogen-bond acceptors (Lipinski definition) is 6. The lowest BCUT2D eigenvalue weighted by molar-refractivity contribution is -0.432. The van der Waals surface area contributed by atoms with Gasteiger partial charge >= 0.3 is 0 Å². The van der Waals surface area contributed by atoms with Gasteiger partial charge in [-0.1, -0.05) is 18.9 Å². The van der Waals surface area contributed by atoms with Crippen LogP contribution in [0.25, 0.3) is 0 Å². The molecule has 0 aliphatic rings. The van der Waals surface area contributed by atoms with Gasteiger partial charge in [-0.15, -0.1) is 4.33 Å². The minimum absolute atomic E-state index is 0.107. The summed E-state index contributed by atoms with van der Waals surface area (Å²) in [5.41, 5.74) is -0.559. The SMILES string of the molecule is CCC(=O)C(C)CC(C)(C#N)CCSOOO. The number of carbonyl (C=O) groups is 1. The van der Waals surface area contributed by atoms with Crippen LogP contribution in [0.1, 0.15) is 40.0 Å². The van der Waals surface area contributed by atoms with Crippen LogP contribution in [0.3, 0.4) is 0 Å². The van der Waals surface area contributed by atoms with E-state index in [0.29, 0.717) is 25.0 Å². The van der Waals surface area contributed by atoms with Crippen molar-refractivity contribution >= 4 is 17.8 Å². The van der Waals surface area contributed by atoms with Crippen molar-refractivity contribution in [1.82, 2.24) is 0 Å². The van der Waals surface area contributed by atoms with E-state index >= 15 is 0 Å². The number of ketones is 1. The third kappa shape index (κ3) is 6.64. The first-order chi connectivity index (χ1) is 7.99. The topological polar surface area (TPSA) is 79.6 Å². The highest BCUT2D eigenvalue weighted by Crippen LogP contribution is 2.31. The highest BCUT2D eigenvalue weighted by molar-refractivity contribution is 7.94. The molecule has 0 fully saturated rings. The normalized spacial score (nSPS) is 15.9. The number of carbonyl (C=O) groups excluding carboxylic acids is 1. The molecule has 5 nitrogen and oxygen atoms in total. The Morgan fingerprint density at radius 3 is 2.76 bits per heavy atom. The highest BCUT2D eigenvalue weighted by Gasteiger charge is 2.28. The van der Waals surface area contributed by atoms with Crippen LogP contribution < -0.4 is 0 Å². The van der Waals surface area contributed by atoms with Gasteiger partial charge < -0.3 is 0 Å². The van der Waals surface area contributed by atoms with Crippen LogP contribution in [0.5, 0.6) is 0 Å². The summed E-state index contributed by atoms with van der Waals surface area (Å²) >= 11 is 0.928. The van der Waals surface area contributed by atoms with Crippen molar-refractivity contribution in [2.75, 3.05) is 5.75 Å². The van der Waals surface area contributed by atoms with Gasteiger partial charge in [0.05, 0.1) is 11.5 Å². The molecule has 0 spiro atoms. The van der Waals surface area contributed by atoms with Crippen molar-refractivity contribution in [2.24, 2.45) is 11.3 Å². The molecule has 0 rings (SSSR count). The van der Waals surface area contributed by atoms with E-state index in [9.17, 15) is 4.79 Å². The molecule has 98 valence electrons. The number of hydrogen-bond donors (Lipinski definition) is 1. The van der Waals surface area contributed by atoms with Crippen LogP contribution >= 0.6 is 12.0 Å². The van der Waals surface area contributed by atoms with Gasteiger partial charge in [-0.3, -0.25) is 4.79 Å². The fraction of sp³-hybridized carbons (Fsp3) is 0.818. The monoisotopic (exact) mass is 261 g/mol. The second-order valence-electron chi connectivity index (χ2n) is 4.31. The summed E-state index contributed by atoms with van der Waals surface area (Å²) < 4.78 is 4.24. The molecule has 0 aliphatic heterocycles. The fourth-order valence-corrected chi connectivity index (χ4v) is 2.31. The van der Waals surface area contributed by atoms with Crippen LogP contribution in [0, 0.1) is 22.7 Å². The van der Waals surface area contributed by atoms with Crippen LogP contribution in [-0.2, 0) is 14.2 Å². The zero-order chi connectivity index (χ0) is 13.3. The summed E-state index contributed by atoms with van der Waals surface area (Å²) in [6.45, 7) is 5.50. The third-order valence-corrected chi connectivity index (χ3v) is 3.27. The number of nitriles is 1. The molecule has 0 aromatic carbocycles. The molecular formula is C11H19NO4S. The van der Waals surface area contributed by atoms with Gasteiger partial charge in [0.1, 0.15) is 5.78 Å². The van der Waals surface area contributed by atoms with Crippen LogP contribution in [0.15, 0.2) is 0 Å². The molecule has 2 unspecified atom stereocenters. The molecule has 0 aromatic heterocycles. The average molecular weight is 261 g/mol. The molecule has 0 aromatic rings. The summed E-state index contributed by atoms with van der Waals surface area (Å²) in [6.07, 6.45) is 1.61. The number of Topliss-reactive ketones (excluding diaryl/α,β-unsaturated/α-hetero) is 1. The van der Waals surface area contributed by atoms with Gasteiger partial charge in [0.15, 0.2) is 0 Å². The lowest BCUT2D eigenvalue weighted by Crippen LogP contribution is -2.23. The number of nitrogens with zero attached hydrogens (tertiary/aromatic N) is 1. The first kappa shape index (κ1) is 16.4. The van der Waals surface area contributed by atoms with Crippen LogP contribution in [0.4, 0.5) is 0 Å². The van der Waals surface area contributed by atoms with Crippen LogP contribution in [0.2, 0.25) is 0 Å². The van der Waals surface area contributed by atoms with Crippen molar-refractivity contribution in [3.05, 3.63) is 0 Å². The van der Waals surface area contributed by atoms with Crippen molar-refractivity contribution in [2.45, 2.75) is 40.0 Å². The molecule has 0 amide bonds. The Hall–Kier alpha value is -0.610. The molecule has 17 heavy (non-hydrogen) atoms. The van der Waals surface area contributed by atoms with E-state index in [2.05, 4.69) is 15.4 Å². The Morgan fingerprint density at radius 2 is 2.29 bits per heavy atom. The molecule has 0 saturated carbocycles. The van der Waals surface area contributed by atoms with E-state index in [1.165, 1.54) is 0 Å². The van der Waals surface area contributed by atoms with Gasteiger partial charge in [-0.25, -0.2) is 5.26 Å². The van der Waals surface area contributed by atoms with Crippen molar-refractivity contribution in [3.63, 3.8) is 0 Å². The maximum absolute atomic E-state index is 11.5. The Morgan fingerprint density at radius 1 is 1.65 bits per heavy atom. The van der Waals surface area contributed by atoms with E-state index in [0.717, 1.165) is 12.0 Å². The average Bonchev–Trinajstić information content (AvgIpc) is 2.33. The fourth-order valence-electron chi connectivity index (χ4n) is 1.66. The minimum Gasteiger partial charge on any atom is -0.299 e. The Balaban J connectivity index is 4.18. The van der Waals surface area contributed by atoms with E-state index in [1.807, 2.05) is 20.8 Å². The lowest BCUT2D eigenvalue weighted by Gasteiger charge is -2.24. The molecule has 2 atom stereocenters. The summed E-state index contributed by atoms with van der Waals surface area (Å²) in [6, 6.07) is 2.24. The predicted molar refractivity (Wildman–Crippen MR) is 64.7 cm³/mol. The maximum atomic E-state index is 11.5. The van der Waals surface area contributed by atoms with Crippen LogP contribution in [-0.4, -0.2) is 16.8 Å². The molecule has 0 saturated heterocycles. The lowest BCUT2D eigenvalue weighted by atomic mass is 9.79. The zero-order valence-corrected chi connectivity index (χ0v) is 11.2. The third-order valence-electron chi connectivity index (χ3n) is 2.74. The van der Waals surface area contributed by atoms with Gasteiger partial charge in [0.25, 0.3) is 0 Å². The van der Waals surface area contributed by atoms with E-state index in [1.54, 1.807) is 0 Å². The zero-order valence-electron chi connectivity index (χ0n) is 10.4. The first-order valence-corrected chi connectivity index (χ1v) is 6.44. The molecule has 6 heteroatoms.